The molecule has 19 heavy (non-hydrogen) atoms. The fourth-order valence-electron chi connectivity index (χ4n) is 1.64. The van der Waals surface area contributed by atoms with Gasteiger partial charge in [0, 0.05) is 19.2 Å². The van der Waals surface area contributed by atoms with Crippen LogP contribution in [0.25, 0.3) is 0 Å². The highest BCUT2D eigenvalue weighted by molar-refractivity contribution is 5.80. The standard InChI is InChI=1S/C14H21FN2O2/c1-4-5-17-14(18)10(2)19-13-7-11(9-16-3)6-12(15)8-13/h6-8,10,16H,4-5,9H2,1-3H3,(H,17,18). The summed E-state index contributed by atoms with van der Waals surface area (Å²) in [5.74, 6) is -0.199. The minimum Gasteiger partial charge on any atom is -0.481 e. The maximum Gasteiger partial charge on any atom is 0.260 e. The molecule has 1 amide bonds. The van der Waals surface area contributed by atoms with E-state index in [9.17, 15) is 9.18 Å². The van der Waals surface area contributed by atoms with Crippen molar-refractivity contribution < 1.29 is 13.9 Å². The largest absolute Gasteiger partial charge is 0.481 e. The maximum atomic E-state index is 13.4. The Bertz CT molecular complexity index is 424. The van der Waals surface area contributed by atoms with Gasteiger partial charge in [0.15, 0.2) is 6.10 Å². The topological polar surface area (TPSA) is 50.4 Å². The Balaban J connectivity index is 2.67. The van der Waals surface area contributed by atoms with Crippen molar-refractivity contribution in [2.24, 2.45) is 0 Å². The Labute approximate surface area is 113 Å². The number of carbonyl (C=O) groups excluding carboxylic acids is 1. The number of hydrogen-bond donors (Lipinski definition) is 2. The van der Waals surface area contributed by atoms with Gasteiger partial charge in [0.2, 0.25) is 0 Å². The highest BCUT2D eigenvalue weighted by atomic mass is 19.1. The fourth-order valence-corrected chi connectivity index (χ4v) is 1.64. The third-order valence-corrected chi connectivity index (χ3v) is 2.54. The molecule has 2 N–H and O–H groups in total. The molecule has 0 saturated carbocycles. The predicted octanol–water partition coefficient (Wildman–Crippen LogP) is 1.84. The second kappa shape index (κ2) is 7.74. The van der Waals surface area contributed by atoms with Crippen molar-refractivity contribution in [3.8, 4) is 5.75 Å². The third kappa shape index (κ3) is 5.26. The molecule has 0 aliphatic carbocycles. The van der Waals surface area contributed by atoms with E-state index in [1.165, 1.54) is 12.1 Å². The first-order valence-corrected chi connectivity index (χ1v) is 6.45. The molecule has 1 aromatic rings. The van der Waals surface area contributed by atoms with Crippen LogP contribution < -0.4 is 15.4 Å². The molecule has 1 unspecified atom stereocenters. The van der Waals surface area contributed by atoms with Crippen molar-refractivity contribution in [1.29, 1.82) is 0 Å². The van der Waals surface area contributed by atoms with Gasteiger partial charge < -0.3 is 15.4 Å². The van der Waals surface area contributed by atoms with Crippen LogP contribution in [-0.2, 0) is 11.3 Å². The number of amides is 1. The van der Waals surface area contributed by atoms with E-state index in [0.29, 0.717) is 18.8 Å². The van der Waals surface area contributed by atoms with E-state index < -0.39 is 6.10 Å². The SMILES string of the molecule is CCCNC(=O)C(C)Oc1cc(F)cc(CNC)c1. The lowest BCUT2D eigenvalue weighted by atomic mass is 10.2. The maximum absolute atomic E-state index is 13.4. The summed E-state index contributed by atoms with van der Waals surface area (Å²) in [5, 5.41) is 5.68. The summed E-state index contributed by atoms with van der Waals surface area (Å²) in [7, 11) is 1.78. The second-order valence-electron chi connectivity index (χ2n) is 4.38. The smallest absolute Gasteiger partial charge is 0.260 e. The van der Waals surface area contributed by atoms with Gasteiger partial charge in [-0.25, -0.2) is 4.39 Å². The Morgan fingerprint density at radius 3 is 2.79 bits per heavy atom. The molecule has 1 atom stereocenters. The molecule has 106 valence electrons. The summed E-state index contributed by atoms with van der Waals surface area (Å²) in [6.07, 6.45) is 0.223. The van der Waals surface area contributed by atoms with Crippen molar-refractivity contribution in [1.82, 2.24) is 10.6 Å². The second-order valence-corrected chi connectivity index (χ2v) is 4.38. The van der Waals surface area contributed by atoms with E-state index in [2.05, 4.69) is 10.6 Å². The van der Waals surface area contributed by atoms with Gasteiger partial charge in [-0.05, 0) is 38.1 Å². The molecule has 0 aromatic heterocycles. The third-order valence-electron chi connectivity index (χ3n) is 2.54. The minimum atomic E-state index is -0.643. The van der Waals surface area contributed by atoms with E-state index >= 15 is 0 Å². The molecule has 0 aliphatic heterocycles. The number of nitrogens with one attached hydrogen (secondary N) is 2. The molecule has 0 fully saturated rings. The fraction of sp³-hybridized carbons (Fsp3) is 0.500. The van der Waals surface area contributed by atoms with Crippen LogP contribution in [0.15, 0.2) is 18.2 Å². The first-order valence-electron chi connectivity index (χ1n) is 6.45. The molecule has 0 radical (unpaired) electrons. The monoisotopic (exact) mass is 268 g/mol. The van der Waals surface area contributed by atoms with Gasteiger partial charge in [0.25, 0.3) is 5.91 Å². The van der Waals surface area contributed by atoms with Gasteiger partial charge in [-0.1, -0.05) is 6.92 Å². The van der Waals surface area contributed by atoms with Gasteiger partial charge in [-0.2, -0.15) is 0 Å². The Morgan fingerprint density at radius 1 is 1.42 bits per heavy atom. The van der Waals surface area contributed by atoms with Gasteiger partial charge in [-0.15, -0.1) is 0 Å². The van der Waals surface area contributed by atoms with Gasteiger partial charge in [-0.3, -0.25) is 4.79 Å². The number of carbonyl (C=O) groups is 1. The zero-order chi connectivity index (χ0) is 14.3. The van der Waals surface area contributed by atoms with E-state index in [-0.39, 0.29) is 11.7 Å². The van der Waals surface area contributed by atoms with Crippen molar-refractivity contribution in [2.75, 3.05) is 13.6 Å². The molecule has 0 heterocycles. The molecule has 4 nitrogen and oxygen atoms in total. The van der Waals surface area contributed by atoms with Crippen LogP contribution in [0.4, 0.5) is 4.39 Å². The molecule has 1 aromatic carbocycles. The molecule has 0 spiro atoms. The van der Waals surface area contributed by atoms with Crippen LogP contribution in [0.3, 0.4) is 0 Å². The quantitative estimate of drug-likeness (QED) is 0.793. The van der Waals surface area contributed by atoms with Crippen LogP contribution in [0.1, 0.15) is 25.8 Å². The van der Waals surface area contributed by atoms with Crippen LogP contribution in [0.5, 0.6) is 5.75 Å². The summed E-state index contributed by atoms with van der Waals surface area (Å²) in [5.41, 5.74) is 0.777. The summed E-state index contributed by atoms with van der Waals surface area (Å²) in [4.78, 5) is 11.7. The van der Waals surface area contributed by atoms with E-state index in [0.717, 1.165) is 12.0 Å². The number of rotatable bonds is 7. The number of benzene rings is 1. The lowest BCUT2D eigenvalue weighted by Gasteiger charge is -2.15. The van der Waals surface area contributed by atoms with E-state index in [4.69, 9.17) is 4.74 Å². The first kappa shape index (κ1) is 15.4. The molecule has 0 bridgehead atoms. The lowest BCUT2D eigenvalue weighted by Crippen LogP contribution is -2.36. The summed E-state index contributed by atoms with van der Waals surface area (Å²) in [6, 6.07) is 4.44. The van der Waals surface area contributed by atoms with E-state index in [1.54, 1.807) is 20.0 Å². The minimum absolute atomic E-state index is 0.193. The lowest BCUT2D eigenvalue weighted by molar-refractivity contribution is -0.127. The number of halogens is 1. The summed E-state index contributed by atoms with van der Waals surface area (Å²) in [6.45, 7) is 4.78. The van der Waals surface area contributed by atoms with Crippen LogP contribution in [0, 0.1) is 5.82 Å². The number of ether oxygens (including phenoxy) is 1. The first-order chi connectivity index (χ1) is 9.06. The Hall–Kier alpha value is -1.62. The van der Waals surface area contributed by atoms with Crippen LogP contribution >= 0.6 is 0 Å². The summed E-state index contributed by atoms with van der Waals surface area (Å²) < 4.78 is 18.9. The van der Waals surface area contributed by atoms with Crippen molar-refractivity contribution >= 4 is 5.91 Å². The van der Waals surface area contributed by atoms with Crippen molar-refractivity contribution in [3.63, 3.8) is 0 Å². The van der Waals surface area contributed by atoms with Gasteiger partial charge >= 0.3 is 0 Å². The zero-order valence-electron chi connectivity index (χ0n) is 11.6. The number of hydrogen-bond acceptors (Lipinski definition) is 3. The van der Waals surface area contributed by atoms with Crippen molar-refractivity contribution in [2.45, 2.75) is 32.9 Å². The van der Waals surface area contributed by atoms with Crippen LogP contribution in [0.2, 0.25) is 0 Å². The highest BCUT2D eigenvalue weighted by Gasteiger charge is 2.14. The summed E-state index contributed by atoms with van der Waals surface area (Å²) >= 11 is 0. The Morgan fingerprint density at radius 2 is 2.16 bits per heavy atom. The van der Waals surface area contributed by atoms with Crippen molar-refractivity contribution in [3.05, 3.63) is 29.6 Å². The molecule has 0 saturated heterocycles. The molecule has 5 heteroatoms. The molecule has 1 rings (SSSR count). The predicted molar refractivity (Wildman–Crippen MR) is 72.6 cm³/mol. The van der Waals surface area contributed by atoms with Gasteiger partial charge in [0.05, 0.1) is 0 Å². The van der Waals surface area contributed by atoms with Crippen LogP contribution in [-0.4, -0.2) is 25.6 Å². The zero-order valence-corrected chi connectivity index (χ0v) is 11.6. The normalized spacial score (nSPS) is 12.0. The average molecular weight is 268 g/mol. The molecular weight excluding hydrogens is 247 g/mol. The van der Waals surface area contributed by atoms with E-state index in [1.807, 2.05) is 6.92 Å². The highest BCUT2D eigenvalue weighted by Crippen LogP contribution is 2.17. The molecule has 0 aliphatic rings. The molecular formula is C14H21FN2O2. The Kier molecular flexibility index (Phi) is 6.29. The van der Waals surface area contributed by atoms with Gasteiger partial charge in [0.1, 0.15) is 11.6 Å². The average Bonchev–Trinajstić information content (AvgIpc) is 2.35.